The second kappa shape index (κ2) is 7.13. The normalized spacial score (nSPS) is 11.2. The molecular weight excluding hydrogens is 376 g/mol. The lowest BCUT2D eigenvalue weighted by Gasteiger charge is -2.15. The molecule has 2 aromatic heterocycles. The second-order valence-electron chi connectivity index (χ2n) is 6.60. The number of rotatable bonds is 4. The molecule has 6 nitrogen and oxygen atoms in total. The van der Waals surface area contributed by atoms with Crippen molar-refractivity contribution in [1.29, 1.82) is 0 Å². The number of nitrogens with one attached hydrogen (secondary N) is 1. The van der Waals surface area contributed by atoms with E-state index in [1.165, 1.54) is 0 Å². The van der Waals surface area contributed by atoms with Gasteiger partial charge in [-0.2, -0.15) is 0 Å². The minimum atomic E-state index is -0.218. The van der Waals surface area contributed by atoms with Crippen LogP contribution in [0, 0.1) is 6.92 Å². The average molecular weight is 395 g/mol. The number of hydrogen-bond donors (Lipinski definition) is 1. The molecule has 0 aliphatic heterocycles. The van der Waals surface area contributed by atoms with Crippen molar-refractivity contribution in [3.63, 3.8) is 0 Å². The molecule has 1 amide bonds. The maximum absolute atomic E-state index is 13.0. The monoisotopic (exact) mass is 394 g/mol. The highest BCUT2D eigenvalue weighted by atomic mass is 35.5. The highest BCUT2D eigenvalue weighted by molar-refractivity contribution is 6.30. The van der Waals surface area contributed by atoms with Crippen molar-refractivity contribution in [1.82, 2.24) is 14.0 Å². The van der Waals surface area contributed by atoms with E-state index in [4.69, 9.17) is 11.6 Å². The molecule has 1 N–H and O–H groups in total. The Morgan fingerprint density at radius 2 is 1.96 bits per heavy atom. The van der Waals surface area contributed by atoms with Crippen LogP contribution in [-0.2, 0) is 17.8 Å². The van der Waals surface area contributed by atoms with Crippen LogP contribution in [0.3, 0.4) is 0 Å². The molecule has 7 heteroatoms. The molecule has 0 saturated carbocycles. The molecule has 0 radical (unpaired) electrons. The minimum absolute atomic E-state index is 0.0401. The van der Waals surface area contributed by atoms with Crippen LogP contribution in [0.2, 0.25) is 5.02 Å². The third-order valence-electron chi connectivity index (χ3n) is 4.85. The van der Waals surface area contributed by atoms with Gasteiger partial charge in [0.1, 0.15) is 6.54 Å². The van der Waals surface area contributed by atoms with Gasteiger partial charge in [-0.1, -0.05) is 36.7 Å². The number of benzene rings is 2. The topological polar surface area (TPSA) is 68.4 Å². The molecule has 28 heavy (non-hydrogen) atoms. The van der Waals surface area contributed by atoms with Crippen LogP contribution in [0.15, 0.2) is 53.3 Å². The van der Waals surface area contributed by atoms with Crippen LogP contribution in [0.5, 0.6) is 0 Å². The van der Waals surface area contributed by atoms with E-state index >= 15 is 0 Å². The van der Waals surface area contributed by atoms with Gasteiger partial charge in [-0.15, -0.1) is 0 Å². The first-order chi connectivity index (χ1) is 13.5. The molecule has 0 saturated heterocycles. The summed E-state index contributed by atoms with van der Waals surface area (Å²) in [6.07, 6.45) is 0.572. The molecule has 0 aliphatic carbocycles. The minimum Gasteiger partial charge on any atom is -0.324 e. The summed E-state index contributed by atoms with van der Waals surface area (Å²) in [6, 6.07) is 14.5. The number of aromatic nitrogens is 3. The number of carbonyl (C=O) groups excluding carboxylic acids is 1. The van der Waals surface area contributed by atoms with Crippen molar-refractivity contribution >= 4 is 40.0 Å². The van der Waals surface area contributed by atoms with Gasteiger partial charge >= 0.3 is 0 Å². The molecule has 0 fully saturated rings. The molecular formula is C21H19ClN4O2. The average Bonchev–Trinajstić information content (AvgIpc) is 3.05. The van der Waals surface area contributed by atoms with Crippen molar-refractivity contribution in [2.24, 2.45) is 0 Å². The van der Waals surface area contributed by atoms with E-state index in [0.29, 0.717) is 28.5 Å². The summed E-state index contributed by atoms with van der Waals surface area (Å²) < 4.78 is 3.38. The van der Waals surface area contributed by atoms with Gasteiger partial charge in [0, 0.05) is 22.0 Å². The Hall–Kier alpha value is -3.12. The van der Waals surface area contributed by atoms with Crippen LogP contribution in [0.25, 0.3) is 16.8 Å². The van der Waals surface area contributed by atoms with E-state index in [1.807, 2.05) is 38.1 Å². The molecule has 2 aromatic carbocycles. The third-order valence-corrected chi connectivity index (χ3v) is 5.09. The molecule has 0 aliphatic rings. The molecule has 4 aromatic rings. The lowest BCUT2D eigenvalue weighted by atomic mass is 10.2. The summed E-state index contributed by atoms with van der Waals surface area (Å²) >= 11 is 5.99. The third kappa shape index (κ3) is 3.05. The molecule has 2 heterocycles. The summed E-state index contributed by atoms with van der Waals surface area (Å²) in [5.74, 6) is 0.243. The first kappa shape index (κ1) is 18.3. The number of hydrogen-bond acceptors (Lipinski definition) is 3. The number of halogens is 1. The number of fused-ring (bicyclic) bond motifs is 3. The fourth-order valence-corrected chi connectivity index (χ4v) is 3.69. The number of nitrogens with zero attached hydrogens (tertiary/aromatic N) is 3. The summed E-state index contributed by atoms with van der Waals surface area (Å²) in [4.78, 5) is 30.3. The fraction of sp³-hybridized carbons (Fsp3) is 0.190. The van der Waals surface area contributed by atoms with Gasteiger partial charge in [0.25, 0.3) is 5.56 Å². The molecule has 0 unspecified atom stereocenters. The Morgan fingerprint density at radius 1 is 1.18 bits per heavy atom. The van der Waals surface area contributed by atoms with Crippen LogP contribution in [0.4, 0.5) is 5.69 Å². The van der Waals surface area contributed by atoms with Crippen molar-refractivity contribution in [3.05, 3.63) is 75.2 Å². The van der Waals surface area contributed by atoms with E-state index < -0.39 is 0 Å². The lowest BCUT2D eigenvalue weighted by Crippen LogP contribution is -2.28. The number of amides is 1. The van der Waals surface area contributed by atoms with Gasteiger partial charge in [0.15, 0.2) is 0 Å². The largest absolute Gasteiger partial charge is 0.324 e. The van der Waals surface area contributed by atoms with Crippen LogP contribution in [-0.4, -0.2) is 19.9 Å². The zero-order valence-corrected chi connectivity index (χ0v) is 16.3. The van der Waals surface area contributed by atoms with Gasteiger partial charge in [0.2, 0.25) is 11.7 Å². The number of anilines is 1. The summed E-state index contributed by atoms with van der Waals surface area (Å²) in [6.45, 7) is 3.83. The smallest absolute Gasteiger partial charge is 0.262 e. The summed E-state index contributed by atoms with van der Waals surface area (Å²) in [5.41, 5.74) is 3.41. The zero-order valence-electron chi connectivity index (χ0n) is 15.6. The highest BCUT2D eigenvalue weighted by Crippen LogP contribution is 2.19. The highest BCUT2D eigenvalue weighted by Gasteiger charge is 2.18. The van der Waals surface area contributed by atoms with Gasteiger partial charge < -0.3 is 9.88 Å². The predicted octanol–water partition coefficient (Wildman–Crippen LogP) is 3.81. The standard InChI is InChI=1S/C21H19ClN4O2/c1-3-16-13(2)25(12-19(27)23-15-8-6-7-14(22)11-15)21-24-17-9-4-5-10-18(17)26(21)20(16)28/h4-11H,3,12H2,1-2H3,(H,23,27). The summed E-state index contributed by atoms with van der Waals surface area (Å²) in [5, 5.41) is 3.40. The van der Waals surface area contributed by atoms with Crippen LogP contribution in [0.1, 0.15) is 18.2 Å². The zero-order chi connectivity index (χ0) is 19.8. The predicted molar refractivity (Wildman–Crippen MR) is 111 cm³/mol. The first-order valence-electron chi connectivity index (χ1n) is 9.04. The number of para-hydroxylation sites is 2. The van der Waals surface area contributed by atoms with E-state index in [9.17, 15) is 9.59 Å². The lowest BCUT2D eigenvalue weighted by molar-refractivity contribution is -0.116. The molecule has 142 valence electrons. The van der Waals surface area contributed by atoms with Crippen LogP contribution < -0.4 is 10.9 Å². The molecule has 0 bridgehead atoms. The Kier molecular flexibility index (Phi) is 4.65. The Morgan fingerprint density at radius 3 is 2.71 bits per heavy atom. The van der Waals surface area contributed by atoms with E-state index in [1.54, 1.807) is 33.2 Å². The van der Waals surface area contributed by atoms with Crippen LogP contribution >= 0.6 is 11.6 Å². The first-order valence-corrected chi connectivity index (χ1v) is 9.42. The van der Waals surface area contributed by atoms with Gasteiger partial charge in [0.05, 0.1) is 11.0 Å². The quantitative estimate of drug-likeness (QED) is 0.572. The SMILES string of the molecule is CCc1c(C)n(CC(=O)Nc2cccc(Cl)c2)c2nc3ccccc3n2c1=O. The summed E-state index contributed by atoms with van der Waals surface area (Å²) in [7, 11) is 0. The Labute approximate surface area is 166 Å². The van der Waals surface area contributed by atoms with Crippen molar-refractivity contribution < 1.29 is 4.79 Å². The maximum atomic E-state index is 13.0. The van der Waals surface area contributed by atoms with Gasteiger partial charge in [-0.3, -0.25) is 9.59 Å². The number of imidazole rings is 1. The van der Waals surface area contributed by atoms with E-state index in [0.717, 1.165) is 16.7 Å². The molecule has 0 spiro atoms. The Balaban J connectivity index is 1.84. The van der Waals surface area contributed by atoms with Crippen molar-refractivity contribution in [2.45, 2.75) is 26.8 Å². The molecule has 0 atom stereocenters. The molecule has 4 rings (SSSR count). The van der Waals surface area contributed by atoms with Gasteiger partial charge in [-0.05, 0) is 43.7 Å². The second-order valence-corrected chi connectivity index (χ2v) is 7.04. The van der Waals surface area contributed by atoms with Crippen molar-refractivity contribution in [3.8, 4) is 0 Å². The maximum Gasteiger partial charge on any atom is 0.262 e. The number of carbonyl (C=O) groups is 1. The van der Waals surface area contributed by atoms with Gasteiger partial charge in [-0.25, -0.2) is 9.38 Å². The Bertz CT molecular complexity index is 1270. The van der Waals surface area contributed by atoms with Crippen molar-refractivity contribution in [2.75, 3.05) is 5.32 Å². The van der Waals surface area contributed by atoms with E-state index in [2.05, 4.69) is 10.3 Å². The van der Waals surface area contributed by atoms with E-state index in [-0.39, 0.29) is 18.0 Å². The fourth-order valence-electron chi connectivity index (χ4n) is 3.50.